The number of hydrogen-bond donors (Lipinski definition) is 0. The molecule has 0 aliphatic carbocycles. The molecule has 72 valence electrons. The van der Waals surface area contributed by atoms with Crippen LogP contribution in [0.2, 0.25) is 0 Å². The molecule has 1 rings (SSSR count). The van der Waals surface area contributed by atoms with Crippen molar-refractivity contribution in [1.29, 1.82) is 0 Å². The Kier molecular flexibility index (Phi) is 3.07. The molecule has 0 bridgehead atoms. The van der Waals surface area contributed by atoms with Crippen LogP contribution in [0.4, 0.5) is 0 Å². The van der Waals surface area contributed by atoms with Crippen molar-refractivity contribution in [2.45, 2.75) is 39.5 Å². The summed E-state index contributed by atoms with van der Waals surface area (Å²) in [6, 6.07) is 4.23. The normalized spacial score (nSPS) is 12.1. The van der Waals surface area contributed by atoms with E-state index in [2.05, 4.69) is 44.8 Å². The third kappa shape index (κ3) is 2.83. The van der Waals surface area contributed by atoms with E-state index in [0.717, 1.165) is 5.92 Å². The van der Waals surface area contributed by atoms with Gasteiger partial charge < -0.3 is 0 Å². The van der Waals surface area contributed by atoms with E-state index in [1.165, 1.54) is 12.0 Å². The summed E-state index contributed by atoms with van der Waals surface area (Å²) in [7, 11) is 0. The topological polar surface area (TPSA) is 12.9 Å². The molecule has 0 aromatic carbocycles. The monoisotopic (exact) mass is 177 g/mol. The maximum Gasteiger partial charge on any atom is 0.0270 e. The first-order valence-electron chi connectivity index (χ1n) is 4.93. The minimum Gasteiger partial charge on any atom is -0.265 e. The van der Waals surface area contributed by atoms with Gasteiger partial charge in [0.2, 0.25) is 0 Å². The highest BCUT2D eigenvalue weighted by atomic mass is 14.6. The fourth-order valence-electron chi connectivity index (χ4n) is 1.94. The second-order valence-corrected chi connectivity index (χ2v) is 4.72. The van der Waals surface area contributed by atoms with E-state index in [-0.39, 0.29) is 5.41 Å². The van der Waals surface area contributed by atoms with Gasteiger partial charge in [0.05, 0.1) is 0 Å². The summed E-state index contributed by atoms with van der Waals surface area (Å²) in [5.74, 6) is 0.739. The van der Waals surface area contributed by atoms with E-state index in [1.807, 2.05) is 12.4 Å². The van der Waals surface area contributed by atoms with Gasteiger partial charge in [-0.1, -0.05) is 27.7 Å². The number of aromatic nitrogens is 1. The fourth-order valence-corrected chi connectivity index (χ4v) is 1.94. The molecule has 1 aromatic rings. The van der Waals surface area contributed by atoms with Crippen LogP contribution >= 0.6 is 0 Å². The Morgan fingerprint density at radius 3 is 2.23 bits per heavy atom. The molecule has 0 aliphatic heterocycles. The second kappa shape index (κ2) is 3.91. The molecule has 0 saturated carbocycles. The molecule has 1 heteroatoms. The summed E-state index contributed by atoms with van der Waals surface area (Å²) in [5.41, 5.74) is 1.66. The Hall–Kier alpha value is -0.850. The summed E-state index contributed by atoms with van der Waals surface area (Å²) in [6.07, 6.45) is 4.96. The summed E-state index contributed by atoms with van der Waals surface area (Å²) in [6.45, 7) is 9.12. The molecular weight excluding hydrogens is 158 g/mol. The largest absolute Gasteiger partial charge is 0.265 e. The molecule has 1 nitrogen and oxygen atoms in total. The van der Waals surface area contributed by atoms with Crippen LogP contribution in [0, 0.1) is 5.92 Å². The van der Waals surface area contributed by atoms with Gasteiger partial charge in [-0.15, -0.1) is 0 Å². The molecule has 0 saturated heterocycles. The van der Waals surface area contributed by atoms with Gasteiger partial charge in [0.15, 0.2) is 0 Å². The predicted molar refractivity (Wildman–Crippen MR) is 56.7 cm³/mol. The molecule has 0 spiro atoms. The van der Waals surface area contributed by atoms with Crippen LogP contribution < -0.4 is 0 Å². The zero-order chi connectivity index (χ0) is 9.90. The molecule has 1 aromatic heterocycles. The zero-order valence-corrected chi connectivity index (χ0v) is 9.04. The van der Waals surface area contributed by atoms with Crippen molar-refractivity contribution in [3.05, 3.63) is 30.1 Å². The van der Waals surface area contributed by atoms with E-state index < -0.39 is 0 Å². The van der Waals surface area contributed by atoms with Crippen LogP contribution in [-0.4, -0.2) is 4.98 Å². The minimum atomic E-state index is 0.275. The molecule has 1 heterocycles. The highest BCUT2D eigenvalue weighted by Crippen LogP contribution is 2.29. The van der Waals surface area contributed by atoms with E-state index >= 15 is 0 Å². The average molecular weight is 177 g/mol. The molecule has 0 unspecified atom stereocenters. The maximum atomic E-state index is 4.04. The van der Waals surface area contributed by atoms with Gasteiger partial charge in [0.1, 0.15) is 0 Å². The molecule has 0 radical (unpaired) electrons. The Morgan fingerprint density at radius 1 is 1.23 bits per heavy atom. The van der Waals surface area contributed by atoms with Crippen molar-refractivity contribution in [3.63, 3.8) is 0 Å². The van der Waals surface area contributed by atoms with Crippen LogP contribution in [0.15, 0.2) is 24.5 Å². The second-order valence-electron chi connectivity index (χ2n) is 4.72. The molecule has 0 fully saturated rings. The summed E-state index contributed by atoms with van der Waals surface area (Å²) in [4.78, 5) is 4.04. The molecular formula is C12H19N. The third-order valence-electron chi connectivity index (χ3n) is 2.38. The van der Waals surface area contributed by atoms with Gasteiger partial charge in [-0.2, -0.15) is 0 Å². The van der Waals surface area contributed by atoms with Crippen molar-refractivity contribution < 1.29 is 0 Å². The lowest BCUT2D eigenvalue weighted by Gasteiger charge is -2.27. The molecule has 13 heavy (non-hydrogen) atoms. The van der Waals surface area contributed by atoms with Gasteiger partial charge >= 0.3 is 0 Å². The lowest BCUT2D eigenvalue weighted by atomic mass is 9.78. The van der Waals surface area contributed by atoms with Gasteiger partial charge in [-0.25, -0.2) is 0 Å². The van der Waals surface area contributed by atoms with Crippen LogP contribution in [-0.2, 0) is 5.41 Å². The predicted octanol–water partition coefficient (Wildman–Crippen LogP) is 3.41. The Labute approximate surface area is 81.2 Å². The molecule has 0 N–H and O–H groups in total. The van der Waals surface area contributed by atoms with Gasteiger partial charge in [0, 0.05) is 12.4 Å². The van der Waals surface area contributed by atoms with E-state index in [0.29, 0.717) is 0 Å². The van der Waals surface area contributed by atoms with Gasteiger partial charge in [-0.3, -0.25) is 4.98 Å². The molecule has 0 aliphatic rings. The van der Waals surface area contributed by atoms with Crippen LogP contribution in [0.1, 0.15) is 39.7 Å². The van der Waals surface area contributed by atoms with Gasteiger partial charge in [-0.05, 0) is 35.4 Å². The van der Waals surface area contributed by atoms with E-state index in [4.69, 9.17) is 0 Å². The van der Waals surface area contributed by atoms with Crippen molar-refractivity contribution >= 4 is 0 Å². The van der Waals surface area contributed by atoms with E-state index in [9.17, 15) is 0 Å². The van der Waals surface area contributed by atoms with Crippen LogP contribution in [0.3, 0.4) is 0 Å². The Bertz CT molecular complexity index is 249. The maximum absolute atomic E-state index is 4.04. The minimum absolute atomic E-state index is 0.275. The van der Waals surface area contributed by atoms with Crippen molar-refractivity contribution in [3.8, 4) is 0 Å². The van der Waals surface area contributed by atoms with Crippen LogP contribution in [0.5, 0.6) is 0 Å². The summed E-state index contributed by atoms with van der Waals surface area (Å²) >= 11 is 0. The van der Waals surface area contributed by atoms with Gasteiger partial charge in [0.25, 0.3) is 0 Å². The Morgan fingerprint density at radius 2 is 1.77 bits per heavy atom. The first kappa shape index (κ1) is 10.2. The highest BCUT2D eigenvalue weighted by molar-refractivity contribution is 5.20. The third-order valence-corrected chi connectivity index (χ3v) is 2.38. The zero-order valence-electron chi connectivity index (χ0n) is 9.04. The van der Waals surface area contributed by atoms with Crippen molar-refractivity contribution in [1.82, 2.24) is 4.98 Å². The number of nitrogens with zero attached hydrogens (tertiary/aromatic N) is 1. The summed E-state index contributed by atoms with van der Waals surface area (Å²) in [5, 5.41) is 0. The first-order chi connectivity index (χ1) is 6.02. The first-order valence-corrected chi connectivity index (χ1v) is 4.93. The standard InChI is InChI=1S/C12H19N/c1-10(2)9-12(3,4)11-5-7-13-8-6-11/h5-8,10H,9H2,1-4H3. The highest BCUT2D eigenvalue weighted by Gasteiger charge is 2.21. The fraction of sp³-hybridized carbons (Fsp3) is 0.583. The number of hydrogen-bond acceptors (Lipinski definition) is 1. The van der Waals surface area contributed by atoms with E-state index in [1.54, 1.807) is 0 Å². The lowest BCUT2D eigenvalue weighted by Crippen LogP contribution is -2.19. The average Bonchev–Trinajstić information content (AvgIpc) is 2.04. The van der Waals surface area contributed by atoms with Crippen molar-refractivity contribution in [2.75, 3.05) is 0 Å². The summed E-state index contributed by atoms with van der Waals surface area (Å²) < 4.78 is 0. The quantitative estimate of drug-likeness (QED) is 0.689. The smallest absolute Gasteiger partial charge is 0.0270 e. The lowest BCUT2D eigenvalue weighted by molar-refractivity contribution is 0.399. The number of rotatable bonds is 3. The van der Waals surface area contributed by atoms with Crippen LogP contribution in [0.25, 0.3) is 0 Å². The number of pyridine rings is 1. The Balaban J connectivity index is 2.81. The van der Waals surface area contributed by atoms with Crippen molar-refractivity contribution in [2.24, 2.45) is 5.92 Å². The SMILES string of the molecule is CC(C)CC(C)(C)c1ccncc1. The molecule has 0 amide bonds. The molecule has 0 atom stereocenters.